The van der Waals surface area contributed by atoms with Crippen LogP contribution in [0.15, 0.2) is 30.3 Å². The average Bonchev–Trinajstić information content (AvgIpc) is 2.89. The standard InChI is InChI=1S/C16H21NO2/c1-3-12-9-11(2)15(18)17-14(10-19-16(12)17)13-7-5-4-6-8-13/h4-8,11-12,14,16H,3,9-10H2,1-2H3/t11-,12-,14+,16+/m1/s1. The molecule has 1 amide bonds. The van der Waals surface area contributed by atoms with Crippen LogP contribution in [0, 0.1) is 11.8 Å². The minimum Gasteiger partial charge on any atom is -0.355 e. The Kier molecular flexibility index (Phi) is 3.31. The minimum atomic E-state index is -0.0149. The summed E-state index contributed by atoms with van der Waals surface area (Å²) in [6.45, 7) is 4.86. The Morgan fingerprint density at radius 1 is 1.32 bits per heavy atom. The van der Waals surface area contributed by atoms with Crippen molar-refractivity contribution in [3.05, 3.63) is 35.9 Å². The normalized spacial score (nSPS) is 34.4. The zero-order chi connectivity index (χ0) is 13.4. The van der Waals surface area contributed by atoms with Crippen LogP contribution >= 0.6 is 0 Å². The molecule has 1 aromatic carbocycles. The van der Waals surface area contributed by atoms with Crippen LogP contribution in [-0.4, -0.2) is 23.6 Å². The van der Waals surface area contributed by atoms with Crippen molar-refractivity contribution >= 4 is 5.91 Å². The molecule has 3 nitrogen and oxygen atoms in total. The summed E-state index contributed by atoms with van der Waals surface area (Å²) in [6, 6.07) is 10.3. The monoisotopic (exact) mass is 259 g/mol. The molecule has 0 aromatic heterocycles. The molecule has 2 aliphatic rings. The van der Waals surface area contributed by atoms with Gasteiger partial charge in [0.25, 0.3) is 0 Å². The summed E-state index contributed by atoms with van der Waals surface area (Å²) in [4.78, 5) is 14.5. The maximum atomic E-state index is 12.5. The molecule has 2 aliphatic heterocycles. The Hall–Kier alpha value is -1.35. The number of rotatable bonds is 2. The van der Waals surface area contributed by atoms with E-state index in [1.807, 2.05) is 30.0 Å². The van der Waals surface area contributed by atoms with Crippen LogP contribution in [0.3, 0.4) is 0 Å². The van der Waals surface area contributed by atoms with Gasteiger partial charge in [0.15, 0.2) is 0 Å². The molecule has 0 radical (unpaired) electrons. The van der Waals surface area contributed by atoms with E-state index in [9.17, 15) is 4.79 Å². The van der Waals surface area contributed by atoms with Gasteiger partial charge in [-0.3, -0.25) is 4.79 Å². The molecule has 3 heteroatoms. The fourth-order valence-electron chi connectivity index (χ4n) is 3.40. The summed E-state index contributed by atoms with van der Waals surface area (Å²) in [6.07, 6.45) is 2.01. The van der Waals surface area contributed by atoms with Crippen molar-refractivity contribution in [2.75, 3.05) is 6.61 Å². The molecule has 0 spiro atoms. The molecule has 2 heterocycles. The van der Waals surface area contributed by atoms with Gasteiger partial charge in [0.05, 0.1) is 12.6 Å². The third-order valence-electron chi connectivity index (χ3n) is 4.48. The number of ether oxygens (including phenoxy) is 1. The highest BCUT2D eigenvalue weighted by molar-refractivity contribution is 5.80. The molecule has 2 saturated heterocycles. The van der Waals surface area contributed by atoms with Gasteiger partial charge >= 0.3 is 0 Å². The maximum absolute atomic E-state index is 12.5. The topological polar surface area (TPSA) is 29.5 Å². The number of hydrogen-bond acceptors (Lipinski definition) is 2. The predicted molar refractivity (Wildman–Crippen MR) is 73.3 cm³/mol. The average molecular weight is 259 g/mol. The van der Waals surface area contributed by atoms with Gasteiger partial charge in [-0.15, -0.1) is 0 Å². The molecule has 1 aromatic rings. The van der Waals surface area contributed by atoms with Gasteiger partial charge in [-0.2, -0.15) is 0 Å². The van der Waals surface area contributed by atoms with Gasteiger partial charge in [-0.1, -0.05) is 44.2 Å². The minimum absolute atomic E-state index is 0.0149. The Balaban J connectivity index is 1.91. The molecule has 0 N–H and O–H groups in total. The number of hydrogen-bond donors (Lipinski definition) is 0. The Bertz CT molecular complexity index is 459. The highest BCUT2D eigenvalue weighted by atomic mass is 16.5. The fourth-order valence-corrected chi connectivity index (χ4v) is 3.40. The molecule has 0 saturated carbocycles. The van der Waals surface area contributed by atoms with E-state index in [-0.39, 0.29) is 24.1 Å². The predicted octanol–water partition coefficient (Wildman–Crippen LogP) is 2.98. The second-order valence-electron chi connectivity index (χ2n) is 5.70. The number of carbonyl (C=O) groups excluding carboxylic acids is 1. The summed E-state index contributed by atoms with van der Waals surface area (Å²) < 4.78 is 5.95. The van der Waals surface area contributed by atoms with Crippen LogP contribution < -0.4 is 0 Å². The second kappa shape index (κ2) is 4.97. The molecule has 0 unspecified atom stereocenters. The third kappa shape index (κ3) is 2.06. The van der Waals surface area contributed by atoms with Gasteiger partial charge in [-0.25, -0.2) is 0 Å². The number of fused-ring (bicyclic) bond motifs is 1. The van der Waals surface area contributed by atoms with Crippen LogP contribution in [0.4, 0.5) is 0 Å². The van der Waals surface area contributed by atoms with Gasteiger partial charge in [0.2, 0.25) is 5.91 Å². The lowest BCUT2D eigenvalue weighted by atomic mass is 9.86. The zero-order valence-electron chi connectivity index (χ0n) is 11.6. The van der Waals surface area contributed by atoms with Crippen LogP contribution in [0.2, 0.25) is 0 Å². The highest BCUT2D eigenvalue weighted by Crippen LogP contribution is 2.41. The largest absolute Gasteiger partial charge is 0.355 e. The van der Waals surface area contributed by atoms with Crippen molar-refractivity contribution < 1.29 is 9.53 Å². The van der Waals surface area contributed by atoms with Crippen LogP contribution in [0.1, 0.15) is 38.3 Å². The van der Waals surface area contributed by atoms with Gasteiger partial charge in [-0.05, 0) is 18.4 Å². The second-order valence-corrected chi connectivity index (χ2v) is 5.70. The highest BCUT2D eigenvalue weighted by Gasteiger charge is 2.47. The lowest BCUT2D eigenvalue weighted by molar-refractivity contribution is -0.153. The van der Waals surface area contributed by atoms with Gasteiger partial charge < -0.3 is 9.64 Å². The first-order chi connectivity index (χ1) is 9.22. The molecular formula is C16H21NO2. The molecule has 102 valence electrons. The molecule has 3 rings (SSSR count). The lowest BCUT2D eigenvalue weighted by Gasteiger charge is -2.40. The molecule has 4 atom stereocenters. The van der Waals surface area contributed by atoms with Crippen molar-refractivity contribution in [3.63, 3.8) is 0 Å². The van der Waals surface area contributed by atoms with E-state index in [1.54, 1.807) is 0 Å². The molecule has 0 aliphatic carbocycles. The summed E-state index contributed by atoms with van der Waals surface area (Å²) in [5, 5.41) is 0. The summed E-state index contributed by atoms with van der Waals surface area (Å²) >= 11 is 0. The number of carbonyl (C=O) groups is 1. The Morgan fingerprint density at radius 3 is 2.74 bits per heavy atom. The third-order valence-corrected chi connectivity index (χ3v) is 4.48. The SMILES string of the molecule is CC[C@@H]1C[C@@H](C)C(=O)N2[C@H](c3ccccc3)CO[C@@H]12. The Morgan fingerprint density at radius 2 is 2.05 bits per heavy atom. The van der Waals surface area contributed by atoms with Crippen molar-refractivity contribution in [2.45, 2.75) is 39.0 Å². The molecule has 0 bridgehead atoms. The van der Waals surface area contributed by atoms with Gasteiger partial charge in [0, 0.05) is 11.8 Å². The van der Waals surface area contributed by atoms with Crippen molar-refractivity contribution in [1.29, 1.82) is 0 Å². The van der Waals surface area contributed by atoms with Crippen LogP contribution in [0.25, 0.3) is 0 Å². The molecular weight excluding hydrogens is 238 g/mol. The zero-order valence-corrected chi connectivity index (χ0v) is 11.6. The van der Waals surface area contributed by atoms with Crippen molar-refractivity contribution in [3.8, 4) is 0 Å². The summed E-state index contributed by atoms with van der Waals surface area (Å²) in [5.41, 5.74) is 1.18. The van der Waals surface area contributed by atoms with Crippen LogP contribution in [0.5, 0.6) is 0 Å². The number of nitrogens with zero attached hydrogens (tertiary/aromatic N) is 1. The van der Waals surface area contributed by atoms with E-state index in [2.05, 4.69) is 19.1 Å². The van der Waals surface area contributed by atoms with E-state index in [0.717, 1.165) is 12.8 Å². The van der Waals surface area contributed by atoms with Crippen molar-refractivity contribution in [2.24, 2.45) is 11.8 Å². The maximum Gasteiger partial charge on any atom is 0.228 e. The first-order valence-electron chi connectivity index (χ1n) is 7.21. The molecule has 2 fully saturated rings. The quantitative estimate of drug-likeness (QED) is 0.817. The molecule has 19 heavy (non-hydrogen) atoms. The fraction of sp³-hybridized carbons (Fsp3) is 0.562. The Labute approximate surface area is 114 Å². The smallest absolute Gasteiger partial charge is 0.228 e. The van der Waals surface area contributed by atoms with Crippen LogP contribution in [-0.2, 0) is 9.53 Å². The summed E-state index contributed by atoms with van der Waals surface area (Å²) in [5.74, 6) is 0.844. The number of piperidine rings is 1. The van der Waals surface area contributed by atoms with E-state index >= 15 is 0 Å². The van der Waals surface area contributed by atoms with E-state index in [0.29, 0.717) is 12.5 Å². The first kappa shape index (κ1) is 12.7. The number of amides is 1. The number of benzene rings is 1. The first-order valence-corrected chi connectivity index (χ1v) is 7.21. The van der Waals surface area contributed by atoms with E-state index < -0.39 is 0 Å². The van der Waals surface area contributed by atoms with Gasteiger partial charge in [0.1, 0.15) is 6.23 Å². The lowest BCUT2D eigenvalue weighted by Crippen LogP contribution is -2.49. The summed E-state index contributed by atoms with van der Waals surface area (Å²) in [7, 11) is 0. The van der Waals surface area contributed by atoms with Crippen molar-refractivity contribution in [1.82, 2.24) is 4.90 Å². The van der Waals surface area contributed by atoms with E-state index in [1.165, 1.54) is 5.56 Å². The van der Waals surface area contributed by atoms with E-state index in [4.69, 9.17) is 4.74 Å².